The number of nitrogens with zero attached hydrogens (tertiary/aromatic N) is 4. The molecule has 1 aromatic heterocycles. The van der Waals surface area contributed by atoms with Gasteiger partial charge < -0.3 is 9.80 Å². The van der Waals surface area contributed by atoms with Gasteiger partial charge in [0.15, 0.2) is 0 Å². The summed E-state index contributed by atoms with van der Waals surface area (Å²) in [5.74, 6) is 1.26. The van der Waals surface area contributed by atoms with Crippen molar-refractivity contribution in [2.24, 2.45) is 5.92 Å². The molecule has 3 heterocycles. The molecule has 0 bridgehead atoms. The molecule has 5 heteroatoms. The summed E-state index contributed by atoms with van der Waals surface area (Å²) in [6.07, 6.45) is 4.98. The Bertz CT molecular complexity index is 776. The van der Waals surface area contributed by atoms with Crippen LogP contribution in [0.4, 0.5) is 5.95 Å². The fraction of sp³-hybridized carbons (Fsp3) is 0.450. The molecular weight excluding hydrogens is 312 g/mol. The predicted octanol–water partition coefficient (Wildman–Crippen LogP) is 2.91. The minimum absolute atomic E-state index is 0.0348. The molecule has 2 aliphatic heterocycles. The monoisotopic (exact) mass is 336 g/mol. The van der Waals surface area contributed by atoms with E-state index in [1.165, 1.54) is 17.5 Å². The molecule has 1 amide bonds. The average Bonchev–Trinajstić information content (AvgIpc) is 2.67. The molecule has 130 valence electrons. The number of amides is 1. The summed E-state index contributed by atoms with van der Waals surface area (Å²) in [4.78, 5) is 25.9. The van der Waals surface area contributed by atoms with Crippen molar-refractivity contribution in [3.8, 4) is 0 Å². The lowest BCUT2D eigenvalue weighted by atomic mass is 10.00. The lowest BCUT2D eigenvalue weighted by Crippen LogP contribution is -2.39. The Hall–Kier alpha value is -2.43. The minimum atomic E-state index is 0.0348. The molecule has 0 aliphatic carbocycles. The molecule has 25 heavy (non-hydrogen) atoms. The van der Waals surface area contributed by atoms with E-state index in [4.69, 9.17) is 0 Å². The van der Waals surface area contributed by atoms with E-state index in [1.54, 1.807) is 12.3 Å². The highest BCUT2D eigenvalue weighted by atomic mass is 16.2. The quantitative estimate of drug-likeness (QED) is 0.846. The van der Waals surface area contributed by atoms with Crippen LogP contribution in [-0.4, -0.2) is 40.4 Å². The van der Waals surface area contributed by atoms with Gasteiger partial charge in [0.05, 0.1) is 0 Å². The number of aromatic nitrogens is 2. The number of fused-ring (bicyclic) bond motifs is 1. The van der Waals surface area contributed by atoms with Crippen LogP contribution in [0.1, 0.15) is 41.4 Å². The van der Waals surface area contributed by atoms with Crippen molar-refractivity contribution >= 4 is 11.9 Å². The van der Waals surface area contributed by atoms with Gasteiger partial charge >= 0.3 is 0 Å². The maximum absolute atomic E-state index is 12.8. The molecule has 1 saturated heterocycles. The van der Waals surface area contributed by atoms with Crippen molar-refractivity contribution in [3.05, 3.63) is 53.3 Å². The molecule has 0 spiro atoms. The van der Waals surface area contributed by atoms with Crippen LogP contribution >= 0.6 is 0 Å². The van der Waals surface area contributed by atoms with Crippen molar-refractivity contribution in [2.45, 2.75) is 32.7 Å². The van der Waals surface area contributed by atoms with E-state index in [0.29, 0.717) is 17.6 Å². The largest absolute Gasteiger partial charge is 0.337 e. The van der Waals surface area contributed by atoms with Gasteiger partial charge in [0.1, 0.15) is 5.69 Å². The van der Waals surface area contributed by atoms with E-state index in [-0.39, 0.29) is 5.91 Å². The van der Waals surface area contributed by atoms with Crippen LogP contribution in [0.2, 0.25) is 0 Å². The second-order valence-electron chi connectivity index (χ2n) is 7.18. The van der Waals surface area contributed by atoms with Crippen molar-refractivity contribution < 1.29 is 4.79 Å². The molecule has 1 unspecified atom stereocenters. The first-order chi connectivity index (χ1) is 12.2. The Kier molecular flexibility index (Phi) is 4.38. The molecule has 2 aromatic rings. The Balaban J connectivity index is 1.53. The number of likely N-dealkylation sites (tertiary alicyclic amines) is 1. The average molecular weight is 336 g/mol. The van der Waals surface area contributed by atoms with Crippen molar-refractivity contribution in [3.63, 3.8) is 0 Å². The number of carbonyl (C=O) groups is 1. The molecule has 1 fully saturated rings. The molecule has 5 nitrogen and oxygen atoms in total. The Morgan fingerprint density at radius 1 is 1.16 bits per heavy atom. The fourth-order valence-electron chi connectivity index (χ4n) is 3.82. The van der Waals surface area contributed by atoms with Gasteiger partial charge in [-0.1, -0.05) is 31.2 Å². The van der Waals surface area contributed by atoms with Gasteiger partial charge in [-0.2, -0.15) is 0 Å². The third kappa shape index (κ3) is 3.36. The molecule has 0 saturated carbocycles. The number of carbonyl (C=O) groups excluding carboxylic acids is 1. The first kappa shape index (κ1) is 16.1. The number of hydrogen-bond donors (Lipinski definition) is 0. The molecule has 0 N–H and O–H groups in total. The lowest BCUT2D eigenvalue weighted by molar-refractivity contribution is 0.0677. The minimum Gasteiger partial charge on any atom is -0.337 e. The standard InChI is InChI=1S/C20H24N4O/c1-15-5-4-11-23(13-15)19(25)18-8-10-21-20(22-18)24-12-9-16-6-2-3-7-17(16)14-24/h2-3,6-8,10,15H,4-5,9,11-14H2,1H3. The predicted molar refractivity (Wildman–Crippen MR) is 97.5 cm³/mol. The molecule has 4 rings (SSSR count). The van der Waals surface area contributed by atoms with Gasteiger partial charge in [-0.05, 0) is 42.4 Å². The van der Waals surface area contributed by atoms with Gasteiger partial charge in [0, 0.05) is 32.4 Å². The zero-order valence-electron chi connectivity index (χ0n) is 14.7. The van der Waals surface area contributed by atoms with Crippen LogP contribution < -0.4 is 4.90 Å². The molecular formula is C20H24N4O. The smallest absolute Gasteiger partial charge is 0.272 e. The second kappa shape index (κ2) is 6.82. The van der Waals surface area contributed by atoms with E-state index < -0.39 is 0 Å². The highest BCUT2D eigenvalue weighted by Crippen LogP contribution is 2.22. The van der Waals surface area contributed by atoms with E-state index >= 15 is 0 Å². The number of benzene rings is 1. The number of hydrogen-bond acceptors (Lipinski definition) is 4. The lowest BCUT2D eigenvalue weighted by Gasteiger charge is -2.31. The van der Waals surface area contributed by atoms with Crippen molar-refractivity contribution in [2.75, 3.05) is 24.5 Å². The number of piperidine rings is 1. The summed E-state index contributed by atoms with van der Waals surface area (Å²) in [6.45, 7) is 5.55. The summed E-state index contributed by atoms with van der Waals surface area (Å²) in [7, 11) is 0. The van der Waals surface area contributed by atoms with E-state index in [9.17, 15) is 4.79 Å². The maximum atomic E-state index is 12.8. The zero-order chi connectivity index (χ0) is 17.2. The Morgan fingerprint density at radius 3 is 2.84 bits per heavy atom. The molecule has 1 atom stereocenters. The third-order valence-electron chi connectivity index (χ3n) is 5.22. The Labute approximate surface area is 148 Å². The van der Waals surface area contributed by atoms with Gasteiger partial charge in [-0.25, -0.2) is 9.97 Å². The summed E-state index contributed by atoms with van der Waals surface area (Å²) < 4.78 is 0. The highest BCUT2D eigenvalue weighted by Gasteiger charge is 2.24. The first-order valence-electron chi connectivity index (χ1n) is 9.15. The van der Waals surface area contributed by atoms with Gasteiger partial charge in [0.2, 0.25) is 5.95 Å². The normalized spacial score (nSPS) is 20.3. The SMILES string of the molecule is CC1CCCN(C(=O)c2ccnc(N3CCc4ccccc4C3)n2)C1. The number of anilines is 1. The van der Waals surface area contributed by atoms with Gasteiger partial charge in [-0.15, -0.1) is 0 Å². The van der Waals surface area contributed by atoms with Crippen LogP contribution in [-0.2, 0) is 13.0 Å². The Morgan fingerprint density at radius 2 is 2.00 bits per heavy atom. The van der Waals surface area contributed by atoms with Crippen LogP contribution in [0.15, 0.2) is 36.5 Å². The van der Waals surface area contributed by atoms with Crippen LogP contribution in [0.5, 0.6) is 0 Å². The zero-order valence-corrected chi connectivity index (χ0v) is 14.7. The van der Waals surface area contributed by atoms with Crippen LogP contribution in [0.25, 0.3) is 0 Å². The van der Waals surface area contributed by atoms with Crippen LogP contribution in [0.3, 0.4) is 0 Å². The summed E-state index contributed by atoms with van der Waals surface area (Å²) in [6, 6.07) is 10.2. The molecule has 1 aromatic carbocycles. The molecule has 2 aliphatic rings. The van der Waals surface area contributed by atoms with E-state index in [1.807, 2.05) is 4.90 Å². The topological polar surface area (TPSA) is 49.3 Å². The second-order valence-corrected chi connectivity index (χ2v) is 7.18. The summed E-state index contributed by atoms with van der Waals surface area (Å²) in [5, 5.41) is 0. The van der Waals surface area contributed by atoms with E-state index in [2.05, 4.69) is 46.1 Å². The molecule has 0 radical (unpaired) electrons. The maximum Gasteiger partial charge on any atom is 0.272 e. The van der Waals surface area contributed by atoms with Gasteiger partial charge in [0.25, 0.3) is 5.91 Å². The van der Waals surface area contributed by atoms with Gasteiger partial charge in [-0.3, -0.25) is 4.79 Å². The summed E-state index contributed by atoms with van der Waals surface area (Å²) in [5.41, 5.74) is 3.23. The van der Waals surface area contributed by atoms with Crippen molar-refractivity contribution in [1.29, 1.82) is 0 Å². The highest BCUT2D eigenvalue weighted by molar-refractivity contribution is 5.92. The number of rotatable bonds is 2. The summed E-state index contributed by atoms with van der Waals surface area (Å²) >= 11 is 0. The van der Waals surface area contributed by atoms with Crippen LogP contribution in [0, 0.1) is 5.92 Å². The first-order valence-corrected chi connectivity index (χ1v) is 9.15. The fourth-order valence-corrected chi connectivity index (χ4v) is 3.82. The van der Waals surface area contributed by atoms with E-state index in [0.717, 1.165) is 39.0 Å². The third-order valence-corrected chi connectivity index (χ3v) is 5.22. The van der Waals surface area contributed by atoms with Crippen molar-refractivity contribution in [1.82, 2.24) is 14.9 Å².